The molecule has 0 aliphatic rings. The van der Waals surface area contributed by atoms with Crippen LogP contribution in [0.3, 0.4) is 0 Å². The van der Waals surface area contributed by atoms with E-state index in [9.17, 15) is 4.79 Å². The fraction of sp³-hybridized carbons (Fsp3) is 0.188. The summed E-state index contributed by atoms with van der Waals surface area (Å²) in [6.07, 6.45) is 0. The Balaban J connectivity index is 2.01. The van der Waals surface area contributed by atoms with E-state index in [0.717, 1.165) is 27.2 Å². The minimum absolute atomic E-state index is 0.148. The van der Waals surface area contributed by atoms with Crippen LogP contribution in [0.4, 0.5) is 5.13 Å². The second kappa shape index (κ2) is 5.26. The van der Waals surface area contributed by atoms with Gasteiger partial charge < -0.3 is 0 Å². The minimum atomic E-state index is -0.148. The van der Waals surface area contributed by atoms with Gasteiger partial charge in [-0.25, -0.2) is 4.98 Å². The van der Waals surface area contributed by atoms with Gasteiger partial charge in [0.1, 0.15) is 0 Å². The van der Waals surface area contributed by atoms with E-state index in [1.165, 1.54) is 11.3 Å². The van der Waals surface area contributed by atoms with Gasteiger partial charge in [0.15, 0.2) is 5.13 Å². The molecule has 2 aromatic heterocycles. The highest BCUT2D eigenvalue weighted by Gasteiger charge is 2.14. The number of nitrogens with one attached hydrogen (secondary N) is 1. The van der Waals surface area contributed by atoms with E-state index in [1.807, 2.05) is 51.1 Å². The number of thiazole rings is 1. The van der Waals surface area contributed by atoms with Gasteiger partial charge in [0.2, 0.25) is 0 Å². The Labute approximate surface area is 126 Å². The number of rotatable bonds is 2. The highest BCUT2D eigenvalue weighted by atomic mass is 32.1. The number of benzene rings is 1. The van der Waals surface area contributed by atoms with Crippen molar-refractivity contribution in [1.82, 2.24) is 9.97 Å². The minimum Gasteiger partial charge on any atom is -0.298 e. The molecule has 0 aliphatic carbocycles. The van der Waals surface area contributed by atoms with Gasteiger partial charge in [0.25, 0.3) is 5.91 Å². The van der Waals surface area contributed by atoms with Crippen LogP contribution in [0.15, 0.2) is 30.3 Å². The van der Waals surface area contributed by atoms with Crippen molar-refractivity contribution >= 4 is 33.3 Å². The standard InChI is InChI=1S/C16H15N3OS/c1-9-8-13(12-6-4-5-7-14(12)17-9)15(20)19-16-18-10(2)11(3)21-16/h4-8H,1-3H3,(H,18,19,20). The van der Waals surface area contributed by atoms with Crippen LogP contribution < -0.4 is 5.32 Å². The fourth-order valence-corrected chi connectivity index (χ4v) is 3.00. The maximum atomic E-state index is 12.5. The molecule has 3 aromatic rings. The summed E-state index contributed by atoms with van der Waals surface area (Å²) < 4.78 is 0. The first-order chi connectivity index (χ1) is 10.0. The second-order valence-corrected chi connectivity index (χ2v) is 6.15. The van der Waals surface area contributed by atoms with Gasteiger partial charge in [0.05, 0.1) is 16.8 Å². The number of aromatic nitrogens is 2. The zero-order chi connectivity index (χ0) is 15.0. The van der Waals surface area contributed by atoms with E-state index in [2.05, 4.69) is 15.3 Å². The molecule has 4 nitrogen and oxygen atoms in total. The molecule has 0 fully saturated rings. The molecule has 0 saturated heterocycles. The molecular formula is C16H15N3OS. The van der Waals surface area contributed by atoms with E-state index in [1.54, 1.807) is 0 Å². The van der Waals surface area contributed by atoms with E-state index < -0.39 is 0 Å². The van der Waals surface area contributed by atoms with Crippen molar-refractivity contribution in [2.24, 2.45) is 0 Å². The Morgan fingerprint density at radius 3 is 2.62 bits per heavy atom. The van der Waals surface area contributed by atoms with Crippen LogP contribution in [0.1, 0.15) is 26.6 Å². The van der Waals surface area contributed by atoms with Gasteiger partial charge in [0, 0.05) is 16.0 Å². The first-order valence-electron chi connectivity index (χ1n) is 6.66. The number of hydrogen-bond donors (Lipinski definition) is 1. The van der Waals surface area contributed by atoms with Gasteiger partial charge in [-0.2, -0.15) is 0 Å². The first-order valence-corrected chi connectivity index (χ1v) is 7.48. The maximum Gasteiger partial charge on any atom is 0.258 e. The predicted octanol–water partition coefficient (Wildman–Crippen LogP) is 3.87. The SMILES string of the molecule is Cc1cc(C(=O)Nc2nc(C)c(C)s2)c2ccccc2n1. The van der Waals surface area contributed by atoms with Crippen molar-refractivity contribution in [2.75, 3.05) is 5.32 Å². The highest BCUT2D eigenvalue weighted by molar-refractivity contribution is 7.15. The normalized spacial score (nSPS) is 10.8. The van der Waals surface area contributed by atoms with Gasteiger partial charge in [-0.3, -0.25) is 15.1 Å². The predicted molar refractivity (Wildman–Crippen MR) is 86.0 cm³/mol. The molecule has 3 rings (SSSR count). The van der Waals surface area contributed by atoms with Crippen molar-refractivity contribution in [1.29, 1.82) is 0 Å². The number of carbonyl (C=O) groups is 1. The topological polar surface area (TPSA) is 54.9 Å². The molecule has 0 atom stereocenters. The maximum absolute atomic E-state index is 12.5. The third kappa shape index (κ3) is 2.64. The molecule has 1 aromatic carbocycles. The largest absolute Gasteiger partial charge is 0.298 e. The molecule has 106 valence electrons. The van der Waals surface area contributed by atoms with Crippen molar-refractivity contribution < 1.29 is 4.79 Å². The number of nitrogens with zero attached hydrogens (tertiary/aromatic N) is 2. The molecule has 0 unspecified atom stereocenters. The second-order valence-electron chi connectivity index (χ2n) is 4.94. The van der Waals surface area contributed by atoms with Gasteiger partial charge in [-0.1, -0.05) is 18.2 Å². The smallest absolute Gasteiger partial charge is 0.258 e. The molecule has 0 bridgehead atoms. The average molecular weight is 297 g/mol. The number of anilines is 1. The molecule has 1 N–H and O–H groups in total. The summed E-state index contributed by atoms with van der Waals surface area (Å²) in [7, 11) is 0. The number of hydrogen-bond acceptors (Lipinski definition) is 4. The Morgan fingerprint density at radius 1 is 1.14 bits per heavy atom. The molecule has 21 heavy (non-hydrogen) atoms. The lowest BCUT2D eigenvalue weighted by Crippen LogP contribution is -2.13. The average Bonchev–Trinajstić information content (AvgIpc) is 2.76. The number of aryl methyl sites for hydroxylation is 3. The summed E-state index contributed by atoms with van der Waals surface area (Å²) in [6, 6.07) is 9.47. The first kappa shape index (κ1) is 13.7. The third-order valence-electron chi connectivity index (χ3n) is 3.34. The third-order valence-corrected chi connectivity index (χ3v) is 4.33. The Bertz CT molecular complexity index is 819. The molecule has 0 saturated carbocycles. The van der Waals surface area contributed by atoms with Crippen LogP contribution >= 0.6 is 11.3 Å². The monoisotopic (exact) mass is 297 g/mol. The van der Waals surface area contributed by atoms with E-state index in [4.69, 9.17) is 0 Å². The van der Waals surface area contributed by atoms with Crippen LogP contribution in [-0.2, 0) is 0 Å². The van der Waals surface area contributed by atoms with Crippen LogP contribution in [0.5, 0.6) is 0 Å². The summed E-state index contributed by atoms with van der Waals surface area (Å²) in [6.45, 7) is 5.82. The number of amides is 1. The van der Waals surface area contributed by atoms with Crippen LogP contribution in [0.25, 0.3) is 10.9 Å². The lowest BCUT2D eigenvalue weighted by molar-refractivity contribution is 0.102. The fourth-order valence-electron chi connectivity index (χ4n) is 2.19. The molecule has 1 amide bonds. The van der Waals surface area contributed by atoms with Crippen LogP contribution in [-0.4, -0.2) is 15.9 Å². The van der Waals surface area contributed by atoms with Crippen LogP contribution in [0.2, 0.25) is 0 Å². The van der Waals surface area contributed by atoms with E-state index in [0.29, 0.717) is 10.7 Å². The summed E-state index contributed by atoms with van der Waals surface area (Å²) >= 11 is 1.49. The zero-order valence-electron chi connectivity index (χ0n) is 12.1. The summed E-state index contributed by atoms with van der Waals surface area (Å²) in [5.74, 6) is -0.148. The summed E-state index contributed by atoms with van der Waals surface area (Å²) in [5.41, 5.74) is 3.23. The quantitative estimate of drug-likeness (QED) is 0.781. The molecule has 2 heterocycles. The van der Waals surface area contributed by atoms with Crippen LogP contribution in [0, 0.1) is 20.8 Å². The molecule has 0 spiro atoms. The molecule has 5 heteroatoms. The van der Waals surface area contributed by atoms with E-state index >= 15 is 0 Å². The van der Waals surface area contributed by atoms with Crippen molar-refractivity contribution in [3.63, 3.8) is 0 Å². The van der Waals surface area contributed by atoms with E-state index in [-0.39, 0.29) is 5.91 Å². The zero-order valence-corrected chi connectivity index (χ0v) is 12.9. The Hall–Kier alpha value is -2.27. The number of para-hydroxylation sites is 1. The molecule has 0 radical (unpaired) electrons. The highest BCUT2D eigenvalue weighted by Crippen LogP contribution is 2.23. The number of pyridine rings is 1. The van der Waals surface area contributed by atoms with Gasteiger partial charge in [-0.05, 0) is 32.9 Å². The van der Waals surface area contributed by atoms with Gasteiger partial charge in [-0.15, -0.1) is 11.3 Å². The lowest BCUT2D eigenvalue weighted by Gasteiger charge is -2.07. The van der Waals surface area contributed by atoms with Crippen molar-refractivity contribution in [2.45, 2.75) is 20.8 Å². The molecule has 0 aliphatic heterocycles. The molecular weight excluding hydrogens is 282 g/mol. The number of carbonyl (C=O) groups excluding carboxylic acids is 1. The lowest BCUT2D eigenvalue weighted by atomic mass is 10.1. The Morgan fingerprint density at radius 2 is 1.90 bits per heavy atom. The summed E-state index contributed by atoms with van der Waals surface area (Å²) in [4.78, 5) is 22.4. The van der Waals surface area contributed by atoms with Crippen molar-refractivity contribution in [3.05, 3.63) is 52.2 Å². The summed E-state index contributed by atoms with van der Waals surface area (Å²) in [5, 5.41) is 4.37. The number of fused-ring (bicyclic) bond motifs is 1. The van der Waals surface area contributed by atoms with Gasteiger partial charge >= 0.3 is 0 Å². The Kier molecular flexibility index (Phi) is 3.43. The van der Waals surface area contributed by atoms with Crippen molar-refractivity contribution in [3.8, 4) is 0 Å².